The summed E-state index contributed by atoms with van der Waals surface area (Å²) in [4.78, 5) is 0. The van der Waals surface area contributed by atoms with E-state index < -0.39 is 0 Å². The molecule has 0 heterocycles. The average molecular weight is 587 g/mol. The SMILES string of the molecule is C=CCCC(C)CCC(C)C1(C2C3C=C(I)C=CC3C3C=CC(CCCC)=CC32)CCCCCC1. The van der Waals surface area contributed by atoms with E-state index in [-0.39, 0.29) is 0 Å². The largest absolute Gasteiger partial charge is 0.103 e. The number of allylic oxidation sites excluding steroid dienone is 9. The average Bonchev–Trinajstić information content (AvgIpc) is 3.00. The first-order valence-electron chi connectivity index (χ1n) is 15.1. The van der Waals surface area contributed by atoms with Crippen LogP contribution in [0.2, 0.25) is 0 Å². The van der Waals surface area contributed by atoms with Gasteiger partial charge >= 0.3 is 0 Å². The van der Waals surface area contributed by atoms with Crippen LogP contribution in [0, 0.1) is 46.8 Å². The summed E-state index contributed by atoms with van der Waals surface area (Å²) in [5, 5.41) is 0. The Hall–Kier alpha value is -0.570. The Balaban J connectivity index is 1.68. The molecule has 2 fully saturated rings. The molecule has 0 spiro atoms. The Morgan fingerprint density at radius 1 is 0.943 bits per heavy atom. The molecule has 194 valence electrons. The Kier molecular flexibility index (Phi) is 10.0. The van der Waals surface area contributed by atoms with Crippen molar-refractivity contribution >= 4 is 22.6 Å². The number of hydrogen-bond donors (Lipinski definition) is 0. The Morgan fingerprint density at radius 3 is 2.31 bits per heavy atom. The third-order valence-electron chi connectivity index (χ3n) is 10.4. The van der Waals surface area contributed by atoms with Crippen molar-refractivity contribution in [3.05, 3.63) is 58.3 Å². The highest BCUT2D eigenvalue weighted by Gasteiger charge is 2.57. The second-order valence-corrected chi connectivity index (χ2v) is 13.8. The van der Waals surface area contributed by atoms with Gasteiger partial charge in [0.2, 0.25) is 0 Å². The standard InChI is InChI=1S/C34H51I/c1-5-7-13-25(3)15-16-26(4)34(21-11-9-10-12-22-34)33-31-23-27(14-8-6-2)17-19-29(31)30-20-18-28(35)24-32(30)33/h5,17-20,23-26,29-33H,1,6-16,21-22H2,2-4H3. The lowest BCUT2D eigenvalue weighted by Crippen LogP contribution is -2.42. The van der Waals surface area contributed by atoms with Gasteiger partial charge in [0.05, 0.1) is 0 Å². The van der Waals surface area contributed by atoms with E-state index in [1.54, 1.807) is 5.57 Å². The van der Waals surface area contributed by atoms with Gasteiger partial charge in [-0.3, -0.25) is 0 Å². The predicted octanol–water partition coefficient (Wildman–Crippen LogP) is 11.0. The summed E-state index contributed by atoms with van der Waals surface area (Å²) >= 11 is 2.59. The molecule has 7 unspecified atom stereocenters. The van der Waals surface area contributed by atoms with Crippen molar-refractivity contribution in [1.29, 1.82) is 0 Å². The first kappa shape index (κ1) is 27.5. The van der Waals surface area contributed by atoms with Gasteiger partial charge in [-0.25, -0.2) is 0 Å². The molecule has 0 bridgehead atoms. The van der Waals surface area contributed by atoms with Crippen LogP contribution in [0.15, 0.2) is 58.3 Å². The Morgan fingerprint density at radius 2 is 1.63 bits per heavy atom. The molecule has 7 atom stereocenters. The van der Waals surface area contributed by atoms with E-state index in [2.05, 4.69) is 92.5 Å². The van der Waals surface area contributed by atoms with Gasteiger partial charge in [0, 0.05) is 3.58 Å². The summed E-state index contributed by atoms with van der Waals surface area (Å²) in [6, 6.07) is 0. The van der Waals surface area contributed by atoms with Crippen LogP contribution in [0.3, 0.4) is 0 Å². The van der Waals surface area contributed by atoms with Crippen molar-refractivity contribution in [3.63, 3.8) is 0 Å². The highest BCUT2D eigenvalue weighted by Crippen LogP contribution is 2.64. The summed E-state index contributed by atoms with van der Waals surface area (Å²) in [7, 11) is 0. The maximum absolute atomic E-state index is 3.96. The van der Waals surface area contributed by atoms with Gasteiger partial charge < -0.3 is 0 Å². The predicted molar refractivity (Wildman–Crippen MR) is 163 cm³/mol. The summed E-state index contributed by atoms with van der Waals surface area (Å²) < 4.78 is 1.47. The van der Waals surface area contributed by atoms with Crippen LogP contribution < -0.4 is 0 Å². The molecule has 1 heteroatoms. The number of unbranched alkanes of at least 4 members (excludes halogenated alkanes) is 1. The molecule has 0 saturated heterocycles. The van der Waals surface area contributed by atoms with E-state index in [1.807, 2.05) is 0 Å². The molecule has 4 aliphatic carbocycles. The Labute approximate surface area is 231 Å². The maximum Gasteiger partial charge on any atom is 0.00900 e. The molecule has 4 rings (SSSR count). The molecule has 0 aromatic carbocycles. The highest BCUT2D eigenvalue weighted by molar-refractivity contribution is 14.1. The summed E-state index contributed by atoms with van der Waals surface area (Å²) in [6.07, 6.45) is 35.6. The van der Waals surface area contributed by atoms with Gasteiger partial charge in [0.25, 0.3) is 0 Å². The van der Waals surface area contributed by atoms with E-state index >= 15 is 0 Å². The minimum atomic E-state index is 0.493. The molecular weight excluding hydrogens is 535 g/mol. The summed E-state index contributed by atoms with van der Waals surface area (Å²) in [5.41, 5.74) is 2.13. The fourth-order valence-corrected chi connectivity index (χ4v) is 9.02. The maximum atomic E-state index is 3.96. The van der Waals surface area contributed by atoms with Crippen LogP contribution in [0.4, 0.5) is 0 Å². The van der Waals surface area contributed by atoms with Crippen molar-refractivity contribution in [1.82, 2.24) is 0 Å². The summed E-state index contributed by atoms with van der Waals surface area (Å²) in [5.74, 6) is 5.26. The zero-order valence-corrected chi connectivity index (χ0v) is 25.0. The molecule has 0 nitrogen and oxygen atoms in total. The molecule has 0 N–H and O–H groups in total. The number of hydrogen-bond acceptors (Lipinski definition) is 0. The normalized spacial score (nSPS) is 33.2. The Bertz CT molecular complexity index is 818. The van der Waals surface area contributed by atoms with E-state index in [1.165, 1.54) is 87.1 Å². The zero-order chi connectivity index (χ0) is 24.8. The second-order valence-electron chi connectivity index (χ2n) is 12.5. The molecule has 0 amide bonds. The molecule has 35 heavy (non-hydrogen) atoms. The van der Waals surface area contributed by atoms with E-state index in [9.17, 15) is 0 Å². The van der Waals surface area contributed by atoms with Crippen molar-refractivity contribution in [2.24, 2.45) is 46.8 Å². The minimum absolute atomic E-state index is 0.493. The van der Waals surface area contributed by atoms with Gasteiger partial charge in [-0.15, -0.1) is 6.58 Å². The number of halogens is 1. The van der Waals surface area contributed by atoms with Gasteiger partial charge in [-0.2, -0.15) is 0 Å². The lowest BCUT2D eigenvalue weighted by Gasteiger charge is -2.49. The van der Waals surface area contributed by atoms with Crippen LogP contribution in [0.5, 0.6) is 0 Å². The quantitative estimate of drug-likeness (QED) is 0.128. The lowest BCUT2D eigenvalue weighted by atomic mass is 9.55. The van der Waals surface area contributed by atoms with Gasteiger partial charge in [0.1, 0.15) is 0 Å². The van der Waals surface area contributed by atoms with Crippen LogP contribution in [-0.2, 0) is 0 Å². The van der Waals surface area contributed by atoms with Crippen molar-refractivity contribution in [2.45, 2.75) is 104 Å². The molecular formula is C34H51I. The third kappa shape index (κ3) is 6.12. The lowest BCUT2D eigenvalue weighted by molar-refractivity contribution is 0.0168. The van der Waals surface area contributed by atoms with Crippen molar-refractivity contribution in [3.8, 4) is 0 Å². The van der Waals surface area contributed by atoms with Gasteiger partial charge in [0.15, 0.2) is 0 Å². The molecule has 0 radical (unpaired) electrons. The van der Waals surface area contributed by atoms with E-state index in [0.717, 1.165) is 23.7 Å². The van der Waals surface area contributed by atoms with E-state index in [0.29, 0.717) is 23.2 Å². The second kappa shape index (κ2) is 12.8. The van der Waals surface area contributed by atoms with Crippen molar-refractivity contribution < 1.29 is 0 Å². The number of rotatable bonds is 11. The van der Waals surface area contributed by atoms with Crippen LogP contribution in [0.1, 0.15) is 104 Å². The van der Waals surface area contributed by atoms with Gasteiger partial charge in [-0.1, -0.05) is 107 Å². The number of fused-ring (bicyclic) bond motifs is 3. The zero-order valence-electron chi connectivity index (χ0n) is 22.9. The van der Waals surface area contributed by atoms with Crippen LogP contribution in [-0.4, -0.2) is 0 Å². The molecule has 0 aromatic heterocycles. The molecule has 0 aromatic rings. The smallest absolute Gasteiger partial charge is 0.00900 e. The fourth-order valence-electron chi connectivity index (χ4n) is 8.40. The van der Waals surface area contributed by atoms with Crippen LogP contribution in [0.25, 0.3) is 0 Å². The highest BCUT2D eigenvalue weighted by atomic mass is 127. The topological polar surface area (TPSA) is 0 Å². The van der Waals surface area contributed by atoms with Crippen LogP contribution >= 0.6 is 22.6 Å². The van der Waals surface area contributed by atoms with Crippen molar-refractivity contribution in [2.75, 3.05) is 0 Å². The first-order valence-corrected chi connectivity index (χ1v) is 16.1. The minimum Gasteiger partial charge on any atom is -0.103 e. The molecule has 4 aliphatic rings. The first-order chi connectivity index (χ1) is 17.0. The van der Waals surface area contributed by atoms with E-state index in [4.69, 9.17) is 0 Å². The van der Waals surface area contributed by atoms with Gasteiger partial charge in [-0.05, 0) is 114 Å². The summed E-state index contributed by atoms with van der Waals surface area (Å²) in [6.45, 7) is 11.4. The third-order valence-corrected chi connectivity index (χ3v) is 11.1. The monoisotopic (exact) mass is 586 g/mol. The fraction of sp³-hybridized carbons (Fsp3) is 0.706. The molecule has 2 saturated carbocycles. The molecule has 0 aliphatic heterocycles.